The molecule has 0 radical (unpaired) electrons. The molecule has 2 heterocycles. The lowest BCUT2D eigenvalue weighted by Gasteiger charge is -2.29. The highest BCUT2D eigenvalue weighted by Crippen LogP contribution is 2.27. The van der Waals surface area contributed by atoms with Gasteiger partial charge in [-0.1, -0.05) is 28.5 Å². The van der Waals surface area contributed by atoms with Gasteiger partial charge >= 0.3 is 12.1 Å². The number of alkyl halides is 2. The van der Waals surface area contributed by atoms with E-state index in [0.29, 0.717) is 5.75 Å². The van der Waals surface area contributed by atoms with Gasteiger partial charge in [-0.05, 0) is 60.7 Å². The molecule has 0 aliphatic rings. The Balaban J connectivity index is 0.000000396. The van der Waals surface area contributed by atoms with Crippen LogP contribution in [0.5, 0.6) is 5.75 Å². The van der Waals surface area contributed by atoms with E-state index in [-0.39, 0.29) is 41.5 Å². The zero-order valence-electron chi connectivity index (χ0n) is 30.1. The third kappa shape index (κ3) is 14.9. The maximum Gasteiger partial charge on any atom is 0.418 e. The van der Waals surface area contributed by atoms with Gasteiger partial charge in [-0.15, -0.1) is 0 Å². The summed E-state index contributed by atoms with van der Waals surface area (Å²) in [5.74, 6) is 0.713. The van der Waals surface area contributed by atoms with Crippen molar-refractivity contribution in [1.29, 1.82) is 0 Å². The Labute approximate surface area is 285 Å². The molecule has 0 saturated heterocycles. The average molecular weight is 701 g/mol. The first-order chi connectivity index (χ1) is 22.9. The normalized spacial score (nSPS) is 12.7. The lowest BCUT2D eigenvalue weighted by molar-refractivity contribution is -0.132. The van der Waals surface area contributed by atoms with Gasteiger partial charge in [0, 0.05) is 47.6 Å². The molecule has 2 unspecified atom stereocenters. The number of anilines is 2. The topological polar surface area (TPSA) is 172 Å². The molecule has 0 saturated carbocycles. The number of aromatic nitrogens is 2. The van der Waals surface area contributed by atoms with Crippen LogP contribution in [0.25, 0.3) is 0 Å². The summed E-state index contributed by atoms with van der Waals surface area (Å²) >= 11 is 0. The lowest BCUT2D eigenvalue weighted by atomic mass is 10.1. The van der Waals surface area contributed by atoms with Crippen molar-refractivity contribution in [2.24, 2.45) is 0 Å². The first kappa shape index (κ1) is 42.9. The van der Waals surface area contributed by atoms with E-state index >= 15 is 0 Å². The number of amides is 3. The molecule has 0 bridgehead atoms. The first-order valence-electron chi connectivity index (χ1n) is 15.1. The van der Waals surface area contributed by atoms with Gasteiger partial charge in [-0.25, -0.2) is 18.4 Å². The van der Waals surface area contributed by atoms with Gasteiger partial charge in [0.1, 0.15) is 5.75 Å². The first-order valence-corrected chi connectivity index (χ1v) is 15.1. The van der Waals surface area contributed by atoms with Crippen LogP contribution in [0.2, 0.25) is 0 Å². The Morgan fingerprint density at radius 3 is 1.61 bits per heavy atom. The Morgan fingerprint density at radius 1 is 0.796 bits per heavy atom. The van der Waals surface area contributed by atoms with Crippen molar-refractivity contribution in [3.05, 3.63) is 54.0 Å². The molecule has 17 heteroatoms. The number of para-hydroxylation sites is 1. The van der Waals surface area contributed by atoms with Gasteiger partial charge in [-0.2, -0.15) is 0 Å². The highest BCUT2D eigenvalue weighted by Gasteiger charge is 2.28. The second kappa shape index (κ2) is 20.4. The molecule has 15 nitrogen and oxygen atoms in total. The van der Waals surface area contributed by atoms with Crippen molar-refractivity contribution < 1.29 is 51.1 Å². The van der Waals surface area contributed by atoms with Gasteiger partial charge in [0.15, 0.2) is 47.1 Å². The molecule has 0 aliphatic carbocycles. The highest BCUT2D eigenvalue weighted by molar-refractivity contribution is 5.88. The molecule has 49 heavy (non-hydrogen) atoms. The predicted octanol–water partition coefficient (Wildman–Crippen LogP) is 6.05. The van der Waals surface area contributed by atoms with E-state index in [1.165, 1.54) is 58.9 Å². The SMILES string of the molecule is CC(C)(F)c1cc(NC(=O)Oc2ccccc2)no1.CNC(C)C(OC)OC.COC(OC)C(C)N(C)C(=O)Nc1cc(C(C)(C)F)on1. The summed E-state index contributed by atoms with van der Waals surface area (Å²) in [7, 11) is 9.69. The molecule has 3 rings (SSSR count). The smallest absolute Gasteiger partial charge is 0.410 e. The number of halogens is 2. The Hall–Kier alpha value is -4.16. The van der Waals surface area contributed by atoms with E-state index in [9.17, 15) is 18.4 Å². The summed E-state index contributed by atoms with van der Waals surface area (Å²) in [4.78, 5) is 25.0. The monoisotopic (exact) mass is 700 g/mol. The van der Waals surface area contributed by atoms with Gasteiger partial charge < -0.3 is 42.9 Å². The summed E-state index contributed by atoms with van der Waals surface area (Å²) in [6, 6.07) is 10.7. The molecular formula is C32H50F2N6O9. The molecule has 0 spiro atoms. The van der Waals surface area contributed by atoms with Gasteiger partial charge in [0.05, 0.1) is 12.1 Å². The minimum Gasteiger partial charge on any atom is -0.410 e. The van der Waals surface area contributed by atoms with Crippen molar-refractivity contribution in [3.63, 3.8) is 0 Å². The molecule has 0 fully saturated rings. The zero-order valence-corrected chi connectivity index (χ0v) is 30.1. The second-order valence-electron chi connectivity index (χ2n) is 11.5. The number of rotatable bonds is 13. The summed E-state index contributed by atoms with van der Waals surface area (Å²) in [5, 5.41) is 15.0. The minimum absolute atomic E-state index is 0.0301. The van der Waals surface area contributed by atoms with E-state index in [0.717, 1.165) is 0 Å². The molecular weight excluding hydrogens is 650 g/mol. The number of likely N-dealkylation sites (N-methyl/N-ethyl adjacent to an activating group) is 2. The highest BCUT2D eigenvalue weighted by atomic mass is 19.1. The van der Waals surface area contributed by atoms with Crippen molar-refractivity contribution in [1.82, 2.24) is 20.5 Å². The van der Waals surface area contributed by atoms with E-state index in [1.807, 2.05) is 14.0 Å². The number of methoxy groups -OCH3 is 4. The summed E-state index contributed by atoms with van der Waals surface area (Å²) in [6.07, 6.45) is -1.42. The number of benzene rings is 1. The third-order valence-electron chi connectivity index (χ3n) is 6.73. The largest absolute Gasteiger partial charge is 0.418 e. The van der Waals surface area contributed by atoms with Crippen LogP contribution in [-0.2, 0) is 30.3 Å². The second-order valence-corrected chi connectivity index (χ2v) is 11.5. The number of nitrogens with one attached hydrogen (secondary N) is 3. The van der Waals surface area contributed by atoms with E-state index < -0.39 is 29.8 Å². The lowest BCUT2D eigenvalue weighted by Crippen LogP contribution is -2.46. The van der Waals surface area contributed by atoms with Crippen molar-refractivity contribution in [3.8, 4) is 5.75 Å². The Morgan fingerprint density at radius 2 is 1.24 bits per heavy atom. The van der Waals surface area contributed by atoms with Crippen LogP contribution in [-0.4, -0.2) is 94.5 Å². The molecule has 1 aromatic carbocycles. The quantitative estimate of drug-likeness (QED) is 0.177. The maximum absolute atomic E-state index is 13.7. The number of hydrogen-bond donors (Lipinski definition) is 3. The third-order valence-corrected chi connectivity index (χ3v) is 6.73. The van der Waals surface area contributed by atoms with Crippen LogP contribution in [0.4, 0.5) is 30.0 Å². The molecule has 2 atom stereocenters. The number of urea groups is 1. The van der Waals surface area contributed by atoms with Crippen molar-refractivity contribution in [2.45, 2.75) is 77.5 Å². The van der Waals surface area contributed by atoms with Crippen LogP contribution in [0.1, 0.15) is 53.1 Å². The number of nitrogens with zero attached hydrogens (tertiary/aromatic N) is 3. The molecule has 2 aromatic heterocycles. The van der Waals surface area contributed by atoms with E-state index in [4.69, 9.17) is 32.7 Å². The summed E-state index contributed by atoms with van der Waals surface area (Å²) in [6.45, 7) is 9.12. The fourth-order valence-electron chi connectivity index (χ4n) is 3.65. The van der Waals surface area contributed by atoms with Gasteiger partial charge in [-0.3, -0.25) is 10.6 Å². The van der Waals surface area contributed by atoms with Crippen LogP contribution in [0, 0.1) is 0 Å². The standard InChI is InChI=1S/C13H22FN3O4.C13H13FN2O3.C6H15NO2/c1-8(11(19-5)20-6)17(4)12(18)15-10-7-9(21-16-10)13(2,3)14;1-13(2,14)10-8-11(16-19-10)15-12(17)18-9-6-4-3-5-7-9;1-5(7-2)6(8-3)9-4/h7-8,11H,1-6H3,(H,15,16,18);3-8H,1-2H3,(H,15,16,17);5-7H,1-4H3. The molecule has 276 valence electrons. The van der Waals surface area contributed by atoms with Crippen molar-refractivity contribution in [2.75, 3.05) is 53.2 Å². The van der Waals surface area contributed by atoms with E-state index in [1.54, 1.807) is 58.5 Å². The number of ether oxygens (including phenoxy) is 5. The number of carbonyl (C=O) groups excluding carboxylic acids is 2. The maximum atomic E-state index is 13.7. The van der Waals surface area contributed by atoms with Crippen LogP contribution in [0.15, 0.2) is 51.5 Å². The summed E-state index contributed by atoms with van der Waals surface area (Å²) < 4.78 is 62.0. The van der Waals surface area contributed by atoms with Crippen LogP contribution >= 0.6 is 0 Å². The molecule has 3 aromatic rings. The van der Waals surface area contributed by atoms with E-state index in [2.05, 4.69) is 26.3 Å². The van der Waals surface area contributed by atoms with Gasteiger partial charge in [0.2, 0.25) is 0 Å². The fourth-order valence-corrected chi connectivity index (χ4v) is 3.65. The number of carbonyl (C=O) groups is 2. The molecule has 3 N–H and O–H groups in total. The Bertz CT molecular complexity index is 1370. The average Bonchev–Trinajstić information content (AvgIpc) is 3.73. The Kier molecular flexibility index (Phi) is 17.8. The minimum atomic E-state index is -1.66. The van der Waals surface area contributed by atoms with Crippen LogP contribution in [0.3, 0.4) is 0 Å². The number of hydrogen-bond acceptors (Lipinski definition) is 12. The molecule has 3 amide bonds. The van der Waals surface area contributed by atoms with Crippen LogP contribution < -0.4 is 20.7 Å². The van der Waals surface area contributed by atoms with Gasteiger partial charge in [0.25, 0.3) is 0 Å². The molecule has 0 aliphatic heterocycles. The zero-order chi connectivity index (χ0) is 37.4. The van der Waals surface area contributed by atoms with Crippen molar-refractivity contribution >= 4 is 23.8 Å². The summed E-state index contributed by atoms with van der Waals surface area (Å²) in [5.41, 5.74) is -3.32. The predicted molar refractivity (Wildman–Crippen MR) is 178 cm³/mol. The fraction of sp³-hybridized carbons (Fsp3) is 0.562.